The quantitative estimate of drug-likeness (QED) is 0.868. The van der Waals surface area contributed by atoms with Crippen molar-refractivity contribution in [1.82, 2.24) is 5.32 Å². The van der Waals surface area contributed by atoms with Gasteiger partial charge in [-0.2, -0.15) is 0 Å². The van der Waals surface area contributed by atoms with Crippen LogP contribution in [0.15, 0.2) is 18.2 Å². The zero-order valence-electron chi connectivity index (χ0n) is 11.3. The fourth-order valence-corrected chi connectivity index (χ4v) is 2.16. The van der Waals surface area contributed by atoms with Gasteiger partial charge in [-0.05, 0) is 25.1 Å². The van der Waals surface area contributed by atoms with Crippen molar-refractivity contribution in [3.8, 4) is 0 Å². The van der Waals surface area contributed by atoms with Gasteiger partial charge >= 0.3 is 0 Å². The second kappa shape index (κ2) is 6.76. The van der Waals surface area contributed by atoms with Gasteiger partial charge in [-0.15, -0.1) is 0 Å². The van der Waals surface area contributed by atoms with Crippen LogP contribution in [0, 0.1) is 17.6 Å². The van der Waals surface area contributed by atoms with Crippen LogP contribution in [0.25, 0.3) is 0 Å². The third-order valence-corrected chi connectivity index (χ3v) is 3.26. The molecule has 0 bridgehead atoms. The lowest BCUT2D eigenvalue weighted by molar-refractivity contribution is -0.120. The molecule has 1 fully saturated rings. The lowest BCUT2D eigenvalue weighted by Gasteiger charge is -2.18. The van der Waals surface area contributed by atoms with Crippen LogP contribution in [-0.4, -0.2) is 31.7 Å². The van der Waals surface area contributed by atoms with E-state index in [2.05, 4.69) is 10.6 Å². The zero-order chi connectivity index (χ0) is 14.5. The molecule has 1 saturated heterocycles. The Kier molecular flexibility index (Phi) is 5.03. The summed E-state index contributed by atoms with van der Waals surface area (Å²) in [5.41, 5.74) is -0.142. The maximum absolute atomic E-state index is 13.5. The number of hydrogen-bond acceptors (Lipinski definition) is 3. The summed E-state index contributed by atoms with van der Waals surface area (Å²) in [5.74, 6) is -2.01. The summed E-state index contributed by atoms with van der Waals surface area (Å²) < 4.78 is 31.8. The molecule has 0 radical (unpaired) electrons. The monoisotopic (exact) mass is 284 g/mol. The predicted octanol–water partition coefficient (Wildman–Crippen LogP) is 1.92. The highest BCUT2D eigenvalue weighted by molar-refractivity contribution is 5.93. The molecule has 1 aliphatic rings. The molecule has 110 valence electrons. The van der Waals surface area contributed by atoms with E-state index in [-0.39, 0.29) is 24.2 Å². The maximum atomic E-state index is 13.5. The van der Waals surface area contributed by atoms with Gasteiger partial charge in [-0.1, -0.05) is 6.92 Å². The standard InChI is InChI=1S/C14H18F2N2O2/c1-2-5-17-13-8-20-7-10(13)14(19)18-12-6-9(15)3-4-11(12)16/h3-4,6,10,13,17H,2,5,7-8H2,1H3,(H,18,19). The first-order valence-corrected chi connectivity index (χ1v) is 6.69. The van der Waals surface area contributed by atoms with Crippen molar-refractivity contribution in [3.05, 3.63) is 29.8 Å². The average Bonchev–Trinajstić information content (AvgIpc) is 2.89. The number of hydrogen-bond donors (Lipinski definition) is 2. The lowest BCUT2D eigenvalue weighted by Crippen LogP contribution is -2.41. The molecule has 0 aliphatic carbocycles. The number of anilines is 1. The van der Waals surface area contributed by atoms with Crippen LogP contribution in [0.1, 0.15) is 13.3 Å². The van der Waals surface area contributed by atoms with E-state index in [9.17, 15) is 13.6 Å². The molecule has 2 atom stereocenters. The van der Waals surface area contributed by atoms with Crippen molar-refractivity contribution in [3.63, 3.8) is 0 Å². The first-order valence-electron chi connectivity index (χ1n) is 6.69. The van der Waals surface area contributed by atoms with Crippen LogP contribution >= 0.6 is 0 Å². The first-order chi connectivity index (χ1) is 9.61. The number of rotatable bonds is 5. The molecular formula is C14H18F2N2O2. The number of carbonyl (C=O) groups is 1. The third-order valence-electron chi connectivity index (χ3n) is 3.26. The van der Waals surface area contributed by atoms with Crippen molar-refractivity contribution in [2.75, 3.05) is 25.1 Å². The summed E-state index contributed by atoms with van der Waals surface area (Å²) in [6, 6.07) is 2.88. The number of amides is 1. The number of halogens is 2. The van der Waals surface area contributed by atoms with Crippen LogP contribution in [0.2, 0.25) is 0 Å². The Morgan fingerprint density at radius 3 is 2.95 bits per heavy atom. The normalized spacial score (nSPS) is 21.9. The van der Waals surface area contributed by atoms with E-state index < -0.39 is 17.6 Å². The summed E-state index contributed by atoms with van der Waals surface area (Å²) in [4.78, 5) is 12.1. The molecule has 0 spiro atoms. The molecule has 1 aliphatic heterocycles. The number of ether oxygens (including phenoxy) is 1. The van der Waals surface area contributed by atoms with Crippen LogP contribution in [-0.2, 0) is 9.53 Å². The van der Waals surface area contributed by atoms with E-state index in [1.807, 2.05) is 6.92 Å². The summed E-state index contributed by atoms with van der Waals surface area (Å²) in [7, 11) is 0. The van der Waals surface area contributed by atoms with Crippen LogP contribution in [0.5, 0.6) is 0 Å². The highest BCUT2D eigenvalue weighted by Crippen LogP contribution is 2.20. The van der Waals surface area contributed by atoms with Gasteiger partial charge in [-0.25, -0.2) is 8.78 Å². The predicted molar refractivity (Wildman–Crippen MR) is 71.4 cm³/mol. The molecule has 1 aromatic carbocycles. The van der Waals surface area contributed by atoms with Gasteiger partial charge in [0.05, 0.1) is 24.8 Å². The topological polar surface area (TPSA) is 50.4 Å². The van der Waals surface area contributed by atoms with Crippen molar-refractivity contribution < 1.29 is 18.3 Å². The van der Waals surface area contributed by atoms with Gasteiger partial charge in [0.25, 0.3) is 0 Å². The SMILES string of the molecule is CCCNC1COCC1C(=O)Nc1cc(F)ccc1F. The third kappa shape index (κ3) is 3.52. The minimum atomic E-state index is -0.656. The largest absolute Gasteiger partial charge is 0.379 e. The van der Waals surface area contributed by atoms with Gasteiger partial charge in [0, 0.05) is 12.1 Å². The Hall–Kier alpha value is -1.53. The van der Waals surface area contributed by atoms with Crippen molar-refractivity contribution in [2.24, 2.45) is 5.92 Å². The number of carbonyl (C=O) groups excluding carboxylic acids is 1. The zero-order valence-corrected chi connectivity index (χ0v) is 11.3. The summed E-state index contributed by atoms with van der Waals surface area (Å²) in [5, 5.41) is 5.65. The van der Waals surface area contributed by atoms with Crippen LogP contribution < -0.4 is 10.6 Å². The van der Waals surface area contributed by atoms with Crippen molar-refractivity contribution in [1.29, 1.82) is 0 Å². The summed E-state index contributed by atoms with van der Waals surface area (Å²) in [6.45, 7) is 3.54. The van der Waals surface area contributed by atoms with E-state index in [1.165, 1.54) is 0 Å². The minimum Gasteiger partial charge on any atom is -0.379 e. The second-order valence-electron chi connectivity index (χ2n) is 4.82. The number of nitrogens with one attached hydrogen (secondary N) is 2. The molecule has 0 saturated carbocycles. The fourth-order valence-electron chi connectivity index (χ4n) is 2.16. The molecular weight excluding hydrogens is 266 g/mol. The van der Waals surface area contributed by atoms with Crippen LogP contribution in [0.3, 0.4) is 0 Å². The molecule has 1 amide bonds. The summed E-state index contributed by atoms with van der Waals surface area (Å²) in [6.07, 6.45) is 0.948. The molecule has 6 heteroatoms. The fraction of sp³-hybridized carbons (Fsp3) is 0.500. The number of benzene rings is 1. The Balaban J connectivity index is 2.01. The minimum absolute atomic E-state index is 0.0911. The first kappa shape index (κ1) is 14.9. The van der Waals surface area contributed by atoms with E-state index in [4.69, 9.17) is 4.74 Å². The van der Waals surface area contributed by atoms with Gasteiger partial charge in [0.15, 0.2) is 0 Å². The Morgan fingerprint density at radius 2 is 2.20 bits per heavy atom. The highest BCUT2D eigenvalue weighted by atomic mass is 19.1. The van der Waals surface area contributed by atoms with E-state index in [0.29, 0.717) is 6.61 Å². The van der Waals surface area contributed by atoms with E-state index in [1.54, 1.807) is 0 Å². The molecule has 2 N–H and O–H groups in total. The van der Waals surface area contributed by atoms with Gasteiger partial charge in [0.2, 0.25) is 5.91 Å². The van der Waals surface area contributed by atoms with Crippen molar-refractivity contribution >= 4 is 11.6 Å². The molecule has 0 aromatic heterocycles. The Morgan fingerprint density at radius 1 is 1.40 bits per heavy atom. The van der Waals surface area contributed by atoms with E-state index >= 15 is 0 Å². The molecule has 1 heterocycles. The van der Waals surface area contributed by atoms with Crippen LogP contribution in [0.4, 0.5) is 14.5 Å². The Bertz CT molecular complexity index is 482. The van der Waals surface area contributed by atoms with E-state index in [0.717, 1.165) is 31.2 Å². The van der Waals surface area contributed by atoms with Crippen molar-refractivity contribution in [2.45, 2.75) is 19.4 Å². The van der Waals surface area contributed by atoms with Gasteiger partial charge < -0.3 is 15.4 Å². The highest BCUT2D eigenvalue weighted by Gasteiger charge is 2.33. The molecule has 4 nitrogen and oxygen atoms in total. The second-order valence-corrected chi connectivity index (χ2v) is 4.82. The van der Waals surface area contributed by atoms with Gasteiger partial charge in [0.1, 0.15) is 11.6 Å². The molecule has 20 heavy (non-hydrogen) atoms. The lowest BCUT2D eigenvalue weighted by atomic mass is 10.0. The molecule has 2 unspecified atom stereocenters. The average molecular weight is 284 g/mol. The smallest absolute Gasteiger partial charge is 0.231 e. The van der Waals surface area contributed by atoms with Gasteiger partial charge in [-0.3, -0.25) is 4.79 Å². The molecule has 1 aromatic rings. The maximum Gasteiger partial charge on any atom is 0.231 e. The molecule has 2 rings (SSSR count). The summed E-state index contributed by atoms with van der Waals surface area (Å²) >= 11 is 0. The Labute approximate surface area is 116 Å².